The van der Waals surface area contributed by atoms with Crippen molar-refractivity contribution in [2.24, 2.45) is 5.41 Å². The van der Waals surface area contributed by atoms with E-state index in [2.05, 4.69) is 4.98 Å². The van der Waals surface area contributed by atoms with Gasteiger partial charge in [0.05, 0.1) is 6.54 Å². The van der Waals surface area contributed by atoms with Gasteiger partial charge in [0.25, 0.3) is 5.91 Å². The number of hydrogen-bond donors (Lipinski definition) is 0. The van der Waals surface area contributed by atoms with Crippen LogP contribution in [0.15, 0.2) is 24.5 Å². The SMILES string of the molecule is CC1(C)CCN(C(=O)c2ccncc2)CC1=O. The van der Waals surface area contributed by atoms with Gasteiger partial charge in [-0.2, -0.15) is 0 Å². The van der Waals surface area contributed by atoms with Crippen LogP contribution in [-0.2, 0) is 4.79 Å². The summed E-state index contributed by atoms with van der Waals surface area (Å²) in [5.74, 6) is 0.0439. The summed E-state index contributed by atoms with van der Waals surface area (Å²) in [6.45, 7) is 4.72. The van der Waals surface area contributed by atoms with Crippen LogP contribution in [-0.4, -0.2) is 34.7 Å². The van der Waals surface area contributed by atoms with Crippen molar-refractivity contribution in [3.8, 4) is 0 Å². The molecule has 1 saturated heterocycles. The van der Waals surface area contributed by atoms with E-state index in [1.54, 1.807) is 29.4 Å². The van der Waals surface area contributed by atoms with Crippen LogP contribution in [0.25, 0.3) is 0 Å². The van der Waals surface area contributed by atoms with Gasteiger partial charge in [-0.25, -0.2) is 0 Å². The molecule has 0 atom stereocenters. The Morgan fingerprint density at radius 1 is 1.35 bits per heavy atom. The fourth-order valence-corrected chi connectivity index (χ4v) is 1.87. The molecule has 0 N–H and O–H groups in total. The van der Waals surface area contributed by atoms with Crippen molar-refractivity contribution in [2.75, 3.05) is 13.1 Å². The number of Topliss-reactive ketones (excluding diaryl/α,β-unsaturated/α-hetero) is 1. The van der Waals surface area contributed by atoms with Crippen molar-refractivity contribution in [3.63, 3.8) is 0 Å². The summed E-state index contributed by atoms with van der Waals surface area (Å²) in [6, 6.07) is 3.35. The maximum Gasteiger partial charge on any atom is 0.254 e. The normalized spacial score (nSPS) is 19.2. The predicted octanol–water partition coefficient (Wildman–Crippen LogP) is 1.52. The van der Waals surface area contributed by atoms with Crippen molar-refractivity contribution in [1.29, 1.82) is 0 Å². The molecule has 1 fully saturated rings. The number of carbonyl (C=O) groups excluding carboxylic acids is 2. The Balaban J connectivity index is 2.11. The number of rotatable bonds is 1. The molecule has 1 amide bonds. The maximum atomic E-state index is 12.1. The molecule has 17 heavy (non-hydrogen) atoms. The third-order valence-corrected chi connectivity index (χ3v) is 3.31. The molecule has 0 radical (unpaired) electrons. The van der Waals surface area contributed by atoms with Crippen LogP contribution in [0.4, 0.5) is 0 Å². The monoisotopic (exact) mass is 232 g/mol. The van der Waals surface area contributed by atoms with Gasteiger partial charge in [0.15, 0.2) is 5.78 Å². The molecule has 1 aliphatic heterocycles. The van der Waals surface area contributed by atoms with Crippen LogP contribution in [0.5, 0.6) is 0 Å². The second kappa shape index (κ2) is 4.28. The highest BCUT2D eigenvalue weighted by molar-refractivity contribution is 5.98. The van der Waals surface area contributed by atoms with Gasteiger partial charge in [-0.05, 0) is 18.6 Å². The van der Waals surface area contributed by atoms with Crippen LogP contribution in [0.2, 0.25) is 0 Å². The Morgan fingerprint density at radius 3 is 2.59 bits per heavy atom. The molecule has 0 unspecified atom stereocenters. The van der Waals surface area contributed by atoms with Gasteiger partial charge < -0.3 is 4.90 Å². The molecule has 1 aliphatic rings. The van der Waals surface area contributed by atoms with Crippen molar-refractivity contribution >= 4 is 11.7 Å². The highest BCUT2D eigenvalue weighted by Crippen LogP contribution is 2.27. The Morgan fingerprint density at radius 2 is 2.00 bits per heavy atom. The minimum atomic E-state index is -0.297. The lowest BCUT2D eigenvalue weighted by Crippen LogP contribution is -2.47. The highest BCUT2D eigenvalue weighted by Gasteiger charge is 2.35. The quantitative estimate of drug-likeness (QED) is 0.737. The summed E-state index contributed by atoms with van der Waals surface area (Å²) in [5.41, 5.74) is 0.294. The predicted molar refractivity (Wildman–Crippen MR) is 63.5 cm³/mol. The fourth-order valence-electron chi connectivity index (χ4n) is 1.87. The largest absolute Gasteiger partial charge is 0.331 e. The van der Waals surface area contributed by atoms with Crippen molar-refractivity contribution in [2.45, 2.75) is 20.3 Å². The van der Waals surface area contributed by atoms with Gasteiger partial charge in [0, 0.05) is 29.9 Å². The summed E-state index contributed by atoms with van der Waals surface area (Å²) in [6.07, 6.45) is 3.90. The Kier molecular flexibility index (Phi) is 2.96. The first-order valence-electron chi connectivity index (χ1n) is 5.73. The lowest BCUT2D eigenvalue weighted by molar-refractivity contribution is -0.130. The molecule has 4 nitrogen and oxygen atoms in total. The van der Waals surface area contributed by atoms with Gasteiger partial charge in [-0.3, -0.25) is 14.6 Å². The standard InChI is InChI=1S/C13H16N2O2/c1-13(2)5-8-15(9-11(13)16)12(17)10-3-6-14-7-4-10/h3-4,6-7H,5,8-9H2,1-2H3. The number of hydrogen-bond acceptors (Lipinski definition) is 3. The average molecular weight is 232 g/mol. The number of pyridine rings is 1. The number of amides is 1. The molecule has 2 heterocycles. The van der Waals surface area contributed by atoms with Gasteiger partial charge in [0.2, 0.25) is 0 Å². The summed E-state index contributed by atoms with van der Waals surface area (Å²) < 4.78 is 0. The molecule has 0 saturated carbocycles. The van der Waals surface area contributed by atoms with Gasteiger partial charge in [-0.15, -0.1) is 0 Å². The lowest BCUT2D eigenvalue weighted by atomic mass is 9.81. The Bertz CT molecular complexity index is 440. The molecular weight excluding hydrogens is 216 g/mol. The smallest absolute Gasteiger partial charge is 0.254 e. The summed E-state index contributed by atoms with van der Waals surface area (Å²) in [7, 11) is 0. The molecule has 1 aromatic heterocycles. The summed E-state index contributed by atoms with van der Waals surface area (Å²) in [4.78, 5) is 29.4. The molecule has 4 heteroatoms. The lowest BCUT2D eigenvalue weighted by Gasteiger charge is -2.35. The molecule has 0 aromatic carbocycles. The zero-order valence-electron chi connectivity index (χ0n) is 10.1. The van der Waals surface area contributed by atoms with E-state index in [-0.39, 0.29) is 23.7 Å². The maximum absolute atomic E-state index is 12.1. The summed E-state index contributed by atoms with van der Waals surface area (Å²) >= 11 is 0. The van der Waals surface area contributed by atoms with E-state index in [1.807, 2.05) is 13.8 Å². The molecule has 0 spiro atoms. The second-order valence-corrected chi connectivity index (χ2v) is 5.02. The van der Waals surface area contributed by atoms with Gasteiger partial charge in [0.1, 0.15) is 0 Å². The Hall–Kier alpha value is -1.71. The Labute approximate surface area is 101 Å². The zero-order chi connectivity index (χ0) is 12.5. The number of piperidine rings is 1. The van der Waals surface area contributed by atoms with Crippen LogP contribution >= 0.6 is 0 Å². The van der Waals surface area contributed by atoms with E-state index in [9.17, 15) is 9.59 Å². The van der Waals surface area contributed by atoms with Crippen molar-refractivity contribution in [3.05, 3.63) is 30.1 Å². The molecule has 2 rings (SSSR count). The molecule has 0 aliphatic carbocycles. The zero-order valence-corrected chi connectivity index (χ0v) is 10.1. The number of ketones is 1. The molecule has 1 aromatic rings. The van der Waals surface area contributed by atoms with Crippen LogP contribution < -0.4 is 0 Å². The van der Waals surface area contributed by atoms with Crippen molar-refractivity contribution < 1.29 is 9.59 Å². The minimum absolute atomic E-state index is 0.0868. The first kappa shape index (κ1) is 11.8. The van der Waals surface area contributed by atoms with E-state index in [4.69, 9.17) is 0 Å². The number of nitrogens with zero attached hydrogens (tertiary/aromatic N) is 2. The van der Waals surface area contributed by atoms with Crippen molar-refractivity contribution in [1.82, 2.24) is 9.88 Å². The number of likely N-dealkylation sites (tertiary alicyclic amines) is 1. The second-order valence-electron chi connectivity index (χ2n) is 5.02. The molecule has 90 valence electrons. The third kappa shape index (κ3) is 2.35. The van der Waals surface area contributed by atoms with E-state index in [0.717, 1.165) is 6.42 Å². The fraction of sp³-hybridized carbons (Fsp3) is 0.462. The summed E-state index contributed by atoms with van der Waals surface area (Å²) in [5, 5.41) is 0. The first-order chi connectivity index (χ1) is 8.00. The average Bonchev–Trinajstić information content (AvgIpc) is 2.33. The number of aromatic nitrogens is 1. The van der Waals surface area contributed by atoms with Crippen LogP contribution in [0.3, 0.4) is 0 Å². The topological polar surface area (TPSA) is 50.3 Å². The number of carbonyl (C=O) groups is 2. The van der Waals surface area contributed by atoms with E-state index < -0.39 is 0 Å². The van der Waals surface area contributed by atoms with Gasteiger partial charge >= 0.3 is 0 Å². The van der Waals surface area contributed by atoms with E-state index in [1.165, 1.54) is 0 Å². The highest BCUT2D eigenvalue weighted by atomic mass is 16.2. The molecule has 0 bridgehead atoms. The molecular formula is C13H16N2O2. The third-order valence-electron chi connectivity index (χ3n) is 3.31. The van der Waals surface area contributed by atoms with Crippen LogP contribution in [0.1, 0.15) is 30.6 Å². The van der Waals surface area contributed by atoms with Gasteiger partial charge in [-0.1, -0.05) is 13.8 Å². The minimum Gasteiger partial charge on any atom is -0.331 e. The van der Waals surface area contributed by atoms with Crippen LogP contribution in [0, 0.1) is 5.41 Å². The van der Waals surface area contributed by atoms with E-state index in [0.29, 0.717) is 12.1 Å². The first-order valence-corrected chi connectivity index (χ1v) is 5.73. The van der Waals surface area contributed by atoms with E-state index >= 15 is 0 Å².